The molecule has 4 atom stereocenters. The summed E-state index contributed by atoms with van der Waals surface area (Å²) in [5, 5.41) is 2.62. The number of methoxy groups -OCH3 is 1. The quantitative estimate of drug-likeness (QED) is 0.328. The van der Waals surface area contributed by atoms with Crippen molar-refractivity contribution < 1.29 is 23.8 Å². The number of rotatable bonds is 6. The van der Waals surface area contributed by atoms with Crippen molar-refractivity contribution in [1.82, 2.24) is 10.2 Å². The van der Waals surface area contributed by atoms with E-state index in [1.807, 2.05) is 6.92 Å². The highest BCUT2D eigenvalue weighted by Gasteiger charge is 2.40. The summed E-state index contributed by atoms with van der Waals surface area (Å²) in [5.41, 5.74) is 0.0863. The molecule has 0 aromatic heterocycles. The molecule has 0 aromatic rings. The number of hydrogen-bond acceptors (Lipinski definition) is 6. The lowest BCUT2D eigenvalue weighted by Gasteiger charge is -2.39. The summed E-state index contributed by atoms with van der Waals surface area (Å²) in [6.07, 6.45) is 3.58. The Kier molecular flexibility index (Phi) is 6.69. The minimum Gasteiger partial charge on any atom is -0.496 e. The van der Waals surface area contributed by atoms with Gasteiger partial charge in [0.05, 0.1) is 12.4 Å². The number of carbonyl (C=O) groups excluding carboxylic acids is 2. The van der Waals surface area contributed by atoms with Gasteiger partial charge in [0.15, 0.2) is 5.11 Å². The van der Waals surface area contributed by atoms with Gasteiger partial charge in [-0.15, -0.1) is 0 Å². The van der Waals surface area contributed by atoms with Crippen LogP contribution in [-0.2, 0) is 23.8 Å². The van der Waals surface area contributed by atoms with Gasteiger partial charge >= 0.3 is 0 Å². The first kappa shape index (κ1) is 19.6. The molecule has 7 nitrogen and oxygen atoms in total. The van der Waals surface area contributed by atoms with E-state index in [1.54, 1.807) is 13.2 Å². The van der Waals surface area contributed by atoms with Gasteiger partial charge in [0.25, 0.3) is 11.8 Å². The maximum Gasteiger partial charge on any atom is 0.265 e. The van der Waals surface area contributed by atoms with E-state index in [0.29, 0.717) is 19.4 Å². The van der Waals surface area contributed by atoms with Crippen molar-refractivity contribution in [2.45, 2.75) is 38.1 Å². The Bertz CT molecular complexity index is 592. The normalized spacial score (nSPS) is 31.9. The van der Waals surface area contributed by atoms with Gasteiger partial charge in [-0.25, -0.2) is 0 Å². The van der Waals surface area contributed by atoms with Crippen LogP contribution in [0.15, 0.2) is 24.5 Å². The molecular formula is C17H24N2O5S. The minimum atomic E-state index is -0.477. The zero-order valence-corrected chi connectivity index (χ0v) is 15.5. The largest absolute Gasteiger partial charge is 0.496 e. The van der Waals surface area contributed by atoms with Crippen LogP contribution in [0.4, 0.5) is 0 Å². The molecule has 1 saturated heterocycles. The van der Waals surface area contributed by atoms with Gasteiger partial charge < -0.3 is 14.2 Å². The van der Waals surface area contributed by atoms with Crippen molar-refractivity contribution >= 4 is 29.1 Å². The molecule has 0 bridgehead atoms. The van der Waals surface area contributed by atoms with Crippen molar-refractivity contribution in [2.75, 3.05) is 20.8 Å². The Morgan fingerprint density at radius 2 is 2.04 bits per heavy atom. The SMILES string of the molecule is C=COC1CC(/C=C2\C(=O)NC(=S)N(C)C2=O)CC(OC)C1OCC. The lowest BCUT2D eigenvalue weighted by atomic mass is 9.81. The Morgan fingerprint density at radius 3 is 2.64 bits per heavy atom. The molecule has 0 radical (unpaired) electrons. The van der Waals surface area contributed by atoms with Crippen LogP contribution in [0.25, 0.3) is 0 Å². The highest BCUT2D eigenvalue weighted by Crippen LogP contribution is 2.33. The summed E-state index contributed by atoms with van der Waals surface area (Å²) < 4.78 is 16.9. The van der Waals surface area contributed by atoms with Crippen LogP contribution in [0.1, 0.15) is 19.8 Å². The highest BCUT2D eigenvalue weighted by molar-refractivity contribution is 7.80. The predicted octanol–water partition coefficient (Wildman–Crippen LogP) is 1.14. The van der Waals surface area contributed by atoms with Gasteiger partial charge in [-0.05, 0) is 37.9 Å². The smallest absolute Gasteiger partial charge is 0.265 e. The van der Waals surface area contributed by atoms with Crippen LogP contribution in [0.2, 0.25) is 0 Å². The van der Waals surface area contributed by atoms with Crippen LogP contribution in [0, 0.1) is 5.92 Å². The molecule has 4 unspecified atom stereocenters. The van der Waals surface area contributed by atoms with Crippen LogP contribution >= 0.6 is 12.2 Å². The van der Waals surface area contributed by atoms with Crippen LogP contribution < -0.4 is 5.32 Å². The van der Waals surface area contributed by atoms with Gasteiger partial charge in [-0.3, -0.25) is 19.8 Å². The molecule has 2 amide bonds. The third-order valence-electron chi connectivity index (χ3n) is 4.44. The van der Waals surface area contributed by atoms with Crippen LogP contribution in [-0.4, -0.2) is 60.9 Å². The number of hydrogen-bond donors (Lipinski definition) is 1. The molecule has 1 N–H and O–H groups in total. The summed E-state index contributed by atoms with van der Waals surface area (Å²) in [4.78, 5) is 25.7. The Morgan fingerprint density at radius 1 is 1.36 bits per heavy atom. The second-order valence-electron chi connectivity index (χ2n) is 5.97. The summed E-state index contributed by atoms with van der Waals surface area (Å²) in [5.74, 6) is -0.956. The minimum absolute atomic E-state index is 0.0728. The molecule has 1 aliphatic heterocycles. The Balaban J connectivity index is 2.24. The zero-order valence-electron chi connectivity index (χ0n) is 14.7. The number of amides is 2. The van der Waals surface area contributed by atoms with Gasteiger partial charge in [0.1, 0.15) is 17.8 Å². The summed E-state index contributed by atoms with van der Waals surface area (Å²) in [6.45, 7) is 6.06. The first-order chi connectivity index (χ1) is 11.9. The molecule has 1 aliphatic carbocycles. The number of allylic oxidation sites excluding steroid dienone is 1. The van der Waals surface area contributed by atoms with E-state index in [0.717, 1.165) is 0 Å². The van der Waals surface area contributed by atoms with Gasteiger partial charge in [-0.1, -0.05) is 12.7 Å². The lowest BCUT2D eigenvalue weighted by molar-refractivity contribution is -0.139. The van der Waals surface area contributed by atoms with Gasteiger partial charge in [0.2, 0.25) is 0 Å². The molecule has 2 rings (SSSR count). The van der Waals surface area contributed by atoms with Crippen molar-refractivity contribution in [3.8, 4) is 0 Å². The van der Waals surface area contributed by atoms with Crippen LogP contribution in [0.5, 0.6) is 0 Å². The highest BCUT2D eigenvalue weighted by atomic mass is 32.1. The van der Waals surface area contributed by atoms with Crippen LogP contribution in [0.3, 0.4) is 0 Å². The molecule has 25 heavy (non-hydrogen) atoms. The molecule has 2 aliphatic rings. The fourth-order valence-corrected chi connectivity index (χ4v) is 3.41. The summed E-state index contributed by atoms with van der Waals surface area (Å²) in [6, 6.07) is 0. The maximum absolute atomic E-state index is 12.4. The topological polar surface area (TPSA) is 77.1 Å². The average molecular weight is 368 g/mol. The zero-order chi connectivity index (χ0) is 18.6. The predicted molar refractivity (Wildman–Crippen MR) is 95.6 cm³/mol. The molecule has 2 fully saturated rings. The van der Waals surface area contributed by atoms with Crippen molar-refractivity contribution in [3.63, 3.8) is 0 Å². The molecule has 8 heteroatoms. The second kappa shape index (κ2) is 8.55. The number of carbonyl (C=O) groups is 2. The van der Waals surface area contributed by atoms with E-state index < -0.39 is 11.8 Å². The number of nitrogens with one attached hydrogen (secondary N) is 1. The molecule has 1 heterocycles. The van der Waals surface area contributed by atoms with E-state index in [2.05, 4.69) is 11.9 Å². The van der Waals surface area contributed by atoms with E-state index in [9.17, 15) is 9.59 Å². The number of ether oxygens (including phenoxy) is 3. The average Bonchev–Trinajstić information content (AvgIpc) is 2.59. The Hall–Kier alpha value is -1.77. The number of nitrogens with zero attached hydrogens (tertiary/aromatic N) is 1. The van der Waals surface area contributed by atoms with Crippen molar-refractivity contribution in [1.29, 1.82) is 0 Å². The molecular weight excluding hydrogens is 344 g/mol. The van der Waals surface area contributed by atoms with E-state index in [4.69, 9.17) is 26.4 Å². The number of likely N-dealkylation sites (N-methyl/N-ethyl adjacent to an activating group) is 1. The first-order valence-corrected chi connectivity index (χ1v) is 8.59. The number of thiocarbonyl (C=S) groups is 1. The third kappa shape index (κ3) is 4.26. The fraction of sp³-hybridized carbons (Fsp3) is 0.588. The molecule has 0 spiro atoms. The first-order valence-electron chi connectivity index (χ1n) is 8.18. The van der Waals surface area contributed by atoms with Gasteiger partial charge in [-0.2, -0.15) is 0 Å². The van der Waals surface area contributed by atoms with Gasteiger partial charge in [0, 0.05) is 20.8 Å². The summed E-state index contributed by atoms with van der Waals surface area (Å²) >= 11 is 4.95. The third-order valence-corrected chi connectivity index (χ3v) is 4.82. The molecule has 138 valence electrons. The lowest BCUT2D eigenvalue weighted by Crippen LogP contribution is -2.52. The fourth-order valence-electron chi connectivity index (χ4n) is 3.23. The second-order valence-corrected chi connectivity index (χ2v) is 6.36. The van der Waals surface area contributed by atoms with E-state index >= 15 is 0 Å². The molecule has 0 aromatic carbocycles. The van der Waals surface area contributed by atoms with E-state index in [1.165, 1.54) is 18.2 Å². The van der Waals surface area contributed by atoms with Crippen molar-refractivity contribution in [3.05, 3.63) is 24.5 Å². The molecule has 1 saturated carbocycles. The standard InChI is InChI=1S/C17H24N2O5S/c1-5-23-13-9-10(8-12(22-4)14(13)24-6-2)7-11-15(20)18-17(25)19(3)16(11)21/h5,7,10,12-14H,1,6,8-9H2,2-4H3,(H,18,20,25)/b11-7+. The van der Waals surface area contributed by atoms with E-state index in [-0.39, 0.29) is 34.9 Å². The van der Waals surface area contributed by atoms with Crippen molar-refractivity contribution in [2.24, 2.45) is 5.92 Å². The Labute approximate surface area is 153 Å². The summed E-state index contributed by atoms with van der Waals surface area (Å²) in [7, 11) is 3.15. The monoisotopic (exact) mass is 368 g/mol. The maximum atomic E-state index is 12.4.